The van der Waals surface area contributed by atoms with E-state index in [1.807, 2.05) is 17.8 Å². The monoisotopic (exact) mass is 337 g/mol. The molecule has 1 aliphatic heterocycles. The number of methoxy groups -OCH3 is 1. The zero-order valence-corrected chi connectivity index (χ0v) is 15.0. The van der Waals surface area contributed by atoms with E-state index in [0.717, 1.165) is 42.7 Å². The summed E-state index contributed by atoms with van der Waals surface area (Å²) in [6, 6.07) is 5.24. The first-order valence-corrected chi connectivity index (χ1v) is 9.23. The first kappa shape index (κ1) is 17.8. The minimum Gasteiger partial charge on any atom is -0.508 e. The van der Waals surface area contributed by atoms with Gasteiger partial charge in [0, 0.05) is 36.2 Å². The maximum atomic E-state index is 10.0. The first-order valence-electron chi connectivity index (χ1n) is 8.18. The summed E-state index contributed by atoms with van der Waals surface area (Å²) in [5, 5.41) is 14.0. The van der Waals surface area contributed by atoms with Gasteiger partial charge >= 0.3 is 0 Å². The SMILES string of the molecule is CCNC(=NCc1cc(OC)ccc1O)N1CCSC(CC)C1. The molecule has 1 heterocycles. The number of benzene rings is 1. The average molecular weight is 337 g/mol. The van der Waals surface area contributed by atoms with Gasteiger partial charge in [-0.25, -0.2) is 4.99 Å². The highest BCUT2D eigenvalue weighted by Gasteiger charge is 2.21. The lowest BCUT2D eigenvalue weighted by atomic mass is 10.2. The number of guanidine groups is 1. The van der Waals surface area contributed by atoms with Gasteiger partial charge in [0.05, 0.1) is 13.7 Å². The topological polar surface area (TPSA) is 57.1 Å². The van der Waals surface area contributed by atoms with Crippen molar-refractivity contribution in [1.82, 2.24) is 10.2 Å². The maximum absolute atomic E-state index is 10.0. The minimum atomic E-state index is 0.256. The predicted molar refractivity (Wildman–Crippen MR) is 97.6 cm³/mol. The fourth-order valence-corrected chi connectivity index (χ4v) is 3.74. The van der Waals surface area contributed by atoms with Crippen LogP contribution in [0.2, 0.25) is 0 Å². The van der Waals surface area contributed by atoms with Crippen molar-refractivity contribution in [3.63, 3.8) is 0 Å². The summed E-state index contributed by atoms with van der Waals surface area (Å²) in [4.78, 5) is 7.04. The zero-order valence-electron chi connectivity index (χ0n) is 14.2. The average Bonchev–Trinajstić information content (AvgIpc) is 2.59. The highest BCUT2D eigenvalue weighted by atomic mass is 32.2. The van der Waals surface area contributed by atoms with Gasteiger partial charge in [0.25, 0.3) is 0 Å². The molecule has 0 bridgehead atoms. The summed E-state index contributed by atoms with van der Waals surface area (Å²) in [5.41, 5.74) is 0.776. The van der Waals surface area contributed by atoms with Gasteiger partial charge in [-0.15, -0.1) is 0 Å². The van der Waals surface area contributed by atoms with Crippen molar-refractivity contribution in [2.24, 2.45) is 4.99 Å². The number of hydrogen-bond donors (Lipinski definition) is 2. The van der Waals surface area contributed by atoms with Crippen molar-refractivity contribution in [1.29, 1.82) is 0 Å². The van der Waals surface area contributed by atoms with Crippen molar-refractivity contribution in [2.75, 3.05) is 32.5 Å². The lowest BCUT2D eigenvalue weighted by Crippen LogP contribution is -2.48. The Bertz CT molecular complexity index is 537. The van der Waals surface area contributed by atoms with Gasteiger partial charge in [-0.3, -0.25) is 0 Å². The van der Waals surface area contributed by atoms with E-state index in [1.165, 1.54) is 6.42 Å². The van der Waals surface area contributed by atoms with Gasteiger partial charge in [-0.1, -0.05) is 6.92 Å². The molecule has 1 aromatic carbocycles. The van der Waals surface area contributed by atoms with E-state index in [9.17, 15) is 5.11 Å². The summed E-state index contributed by atoms with van der Waals surface area (Å²) in [5.74, 6) is 3.05. The third-order valence-electron chi connectivity index (χ3n) is 3.91. The van der Waals surface area contributed by atoms with Crippen LogP contribution in [0, 0.1) is 0 Å². The van der Waals surface area contributed by atoms with Gasteiger partial charge in [0.15, 0.2) is 5.96 Å². The van der Waals surface area contributed by atoms with Crippen LogP contribution in [0.3, 0.4) is 0 Å². The highest BCUT2D eigenvalue weighted by Crippen LogP contribution is 2.24. The number of phenols is 1. The summed E-state index contributed by atoms with van der Waals surface area (Å²) in [6.45, 7) is 7.62. The Balaban J connectivity index is 2.12. The molecule has 6 heteroatoms. The fraction of sp³-hybridized carbons (Fsp3) is 0.588. The van der Waals surface area contributed by atoms with Crippen LogP contribution in [0.15, 0.2) is 23.2 Å². The molecule has 1 aromatic rings. The molecule has 0 spiro atoms. The Morgan fingerprint density at radius 3 is 3.00 bits per heavy atom. The molecule has 0 aliphatic carbocycles. The Morgan fingerprint density at radius 2 is 2.30 bits per heavy atom. The number of hydrogen-bond acceptors (Lipinski definition) is 4. The second kappa shape index (κ2) is 8.91. The molecule has 23 heavy (non-hydrogen) atoms. The molecule has 0 saturated carbocycles. The maximum Gasteiger partial charge on any atom is 0.194 e. The third-order valence-corrected chi connectivity index (χ3v) is 5.29. The molecule has 5 nitrogen and oxygen atoms in total. The second-order valence-electron chi connectivity index (χ2n) is 5.51. The normalized spacial score (nSPS) is 18.8. The number of nitrogens with one attached hydrogen (secondary N) is 1. The standard InChI is InChI=1S/C17H27N3O2S/c1-4-15-12-20(8-9-23-15)17(18-5-2)19-11-13-10-14(22-3)6-7-16(13)21/h6-7,10,15,21H,4-5,8-9,11-12H2,1-3H3,(H,18,19). The zero-order chi connectivity index (χ0) is 16.7. The van der Waals surface area contributed by atoms with E-state index < -0.39 is 0 Å². The van der Waals surface area contributed by atoms with Crippen LogP contribution in [-0.2, 0) is 6.54 Å². The highest BCUT2D eigenvalue weighted by molar-refractivity contribution is 8.00. The Kier molecular flexibility index (Phi) is 6.89. The third kappa shape index (κ3) is 4.96. The van der Waals surface area contributed by atoms with Crippen LogP contribution < -0.4 is 10.1 Å². The molecule has 1 unspecified atom stereocenters. The van der Waals surface area contributed by atoms with E-state index in [4.69, 9.17) is 9.73 Å². The molecule has 0 aromatic heterocycles. The van der Waals surface area contributed by atoms with E-state index >= 15 is 0 Å². The number of aliphatic imine (C=N–C) groups is 1. The number of ether oxygens (including phenoxy) is 1. The summed E-state index contributed by atoms with van der Waals surface area (Å²) < 4.78 is 5.22. The quantitative estimate of drug-likeness (QED) is 0.639. The minimum absolute atomic E-state index is 0.256. The van der Waals surface area contributed by atoms with E-state index in [2.05, 4.69) is 24.1 Å². The number of aromatic hydroxyl groups is 1. The van der Waals surface area contributed by atoms with Crippen LogP contribution in [0.4, 0.5) is 0 Å². The van der Waals surface area contributed by atoms with Crippen molar-refractivity contribution < 1.29 is 9.84 Å². The van der Waals surface area contributed by atoms with Crippen molar-refractivity contribution in [2.45, 2.75) is 32.1 Å². The lowest BCUT2D eigenvalue weighted by Gasteiger charge is -2.34. The molecular formula is C17H27N3O2S. The molecule has 128 valence electrons. The largest absolute Gasteiger partial charge is 0.508 e. The number of thioether (sulfide) groups is 1. The van der Waals surface area contributed by atoms with E-state index in [0.29, 0.717) is 11.8 Å². The van der Waals surface area contributed by atoms with Crippen LogP contribution in [0.25, 0.3) is 0 Å². The summed E-state index contributed by atoms with van der Waals surface area (Å²) in [6.07, 6.45) is 1.18. The Labute approximate surface area is 143 Å². The van der Waals surface area contributed by atoms with Gasteiger partial charge in [0.1, 0.15) is 11.5 Å². The van der Waals surface area contributed by atoms with Gasteiger partial charge in [0.2, 0.25) is 0 Å². The predicted octanol–water partition coefficient (Wildman–Crippen LogP) is 2.69. The van der Waals surface area contributed by atoms with Crippen molar-refractivity contribution in [3.05, 3.63) is 23.8 Å². The van der Waals surface area contributed by atoms with Crippen LogP contribution in [0.5, 0.6) is 11.5 Å². The molecular weight excluding hydrogens is 310 g/mol. The molecule has 2 rings (SSSR count). The molecule has 1 fully saturated rings. The molecule has 1 saturated heterocycles. The van der Waals surface area contributed by atoms with Crippen molar-refractivity contribution >= 4 is 17.7 Å². The van der Waals surface area contributed by atoms with Crippen molar-refractivity contribution in [3.8, 4) is 11.5 Å². The molecule has 0 amide bonds. The second-order valence-corrected chi connectivity index (χ2v) is 6.92. The van der Waals surface area contributed by atoms with E-state index in [-0.39, 0.29) is 5.75 Å². The van der Waals surface area contributed by atoms with Crippen LogP contribution >= 0.6 is 11.8 Å². The number of phenolic OH excluding ortho intramolecular Hbond substituents is 1. The summed E-state index contributed by atoms with van der Waals surface area (Å²) >= 11 is 2.04. The summed E-state index contributed by atoms with van der Waals surface area (Å²) in [7, 11) is 1.62. The lowest BCUT2D eigenvalue weighted by molar-refractivity contribution is 0.406. The van der Waals surface area contributed by atoms with Crippen LogP contribution in [0.1, 0.15) is 25.8 Å². The Morgan fingerprint density at radius 1 is 1.48 bits per heavy atom. The molecule has 2 N–H and O–H groups in total. The first-order chi connectivity index (χ1) is 11.2. The molecule has 1 aliphatic rings. The number of nitrogens with zero attached hydrogens (tertiary/aromatic N) is 2. The van der Waals surface area contributed by atoms with Crippen LogP contribution in [-0.4, -0.2) is 53.7 Å². The Hall–Kier alpha value is -1.56. The fourth-order valence-electron chi connectivity index (χ4n) is 2.56. The van der Waals surface area contributed by atoms with E-state index in [1.54, 1.807) is 19.2 Å². The van der Waals surface area contributed by atoms with Gasteiger partial charge in [-0.05, 0) is 31.5 Å². The molecule has 1 atom stereocenters. The van der Waals surface area contributed by atoms with Gasteiger partial charge < -0.3 is 20.1 Å². The smallest absolute Gasteiger partial charge is 0.194 e. The molecule has 0 radical (unpaired) electrons. The van der Waals surface area contributed by atoms with Gasteiger partial charge in [-0.2, -0.15) is 11.8 Å². The number of rotatable bonds is 5.